The molecule has 4 rings (SSSR count). The minimum Gasteiger partial charge on any atom is -0.497 e. The second-order valence-electron chi connectivity index (χ2n) is 7.46. The Hall–Kier alpha value is -2.41. The average Bonchev–Trinajstić information content (AvgIpc) is 3.32. The third-order valence-electron chi connectivity index (χ3n) is 5.63. The lowest BCUT2D eigenvalue weighted by molar-refractivity contribution is -0.132. The first-order valence-electron chi connectivity index (χ1n) is 9.68. The van der Waals surface area contributed by atoms with Crippen molar-refractivity contribution in [3.8, 4) is 5.75 Å². The largest absolute Gasteiger partial charge is 0.497 e. The van der Waals surface area contributed by atoms with E-state index in [1.54, 1.807) is 7.11 Å². The summed E-state index contributed by atoms with van der Waals surface area (Å²) < 4.78 is 7.41. The Balaban J connectivity index is 1.42. The number of aryl methyl sites for hydroxylation is 1. The molecule has 2 aromatic rings. The topological polar surface area (TPSA) is 63.5 Å². The fourth-order valence-corrected chi connectivity index (χ4v) is 4.07. The van der Waals surface area contributed by atoms with E-state index in [-0.39, 0.29) is 11.9 Å². The monoisotopic (exact) mass is 369 g/mol. The number of hydrogen-bond donors (Lipinski definition) is 0. The van der Waals surface area contributed by atoms with E-state index in [1.807, 2.05) is 29.2 Å². The van der Waals surface area contributed by atoms with E-state index < -0.39 is 0 Å². The normalized spacial score (nSPS) is 19.9. The van der Waals surface area contributed by atoms with Crippen LogP contribution in [0.2, 0.25) is 0 Å². The number of aromatic nitrogens is 3. The lowest BCUT2D eigenvalue weighted by Crippen LogP contribution is -2.35. The maximum absolute atomic E-state index is 12.9. The fourth-order valence-electron chi connectivity index (χ4n) is 4.07. The van der Waals surface area contributed by atoms with Gasteiger partial charge in [-0.3, -0.25) is 9.69 Å². The van der Waals surface area contributed by atoms with Crippen LogP contribution in [-0.4, -0.2) is 57.7 Å². The zero-order chi connectivity index (χ0) is 18.8. The van der Waals surface area contributed by atoms with Crippen molar-refractivity contribution in [1.82, 2.24) is 24.6 Å². The Morgan fingerprint density at radius 1 is 1.19 bits per heavy atom. The summed E-state index contributed by atoms with van der Waals surface area (Å²) in [5.74, 6) is 3.02. The molecule has 0 N–H and O–H groups in total. The van der Waals surface area contributed by atoms with Crippen molar-refractivity contribution in [2.45, 2.75) is 44.8 Å². The van der Waals surface area contributed by atoms with Gasteiger partial charge in [0.25, 0.3) is 0 Å². The van der Waals surface area contributed by atoms with Crippen molar-refractivity contribution in [2.24, 2.45) is 0 Å². The maximum atomic E-state index is 12.9. The van der Waals surface area contributed by atoms with Crippen LogP contribution in [0.5, 0.6) is 5.75 Å². The van der Waals surface area contributed by atoms with Gasteiger partial charge in [0.05, 0.1) is 19.7 Å². The van der Waals surface area contributed by atoms with Gasteiger partial charge < -0.3 is 14.2 Å². The molecule has 2 aliphatic rings. The number of likely N-dealkylation sites (tertiary alicyclic amines) is 1. The summed E-state index contributed by atoms with van der Waals surface area (Å²) in [7, 11) is 3.76. The van der Waals surface area contributed by atoms with Crippen LogP contribution in [0.4, 0.5) is 0 Å². The van der Waals surface area contributed by atoms with E-state index in [2.05, 4.69) is 26.7 Å². The summed E-state index contributed by atoms with van der Waals surface area (Å²) in [5, 5.41) is 8.84. The van der Waals surface area contributed by atoms with Crippen LogP contribution in [0.25, 0.3) is 0 Å². The van der Waals surface area contributed by atoms with Crippen molar-refractivity contribution >= 4 is 5.91 Å². The highest BCUT2D eigenvalue weighted by atomic mass is 16.5. The van der Waals surface area contributed by atoms with Gasteiger partial charge in [0.2, 0.25) is 5.91 Å². The molecule has 0 spiro atoms. The van der Waals surface area contributed by atoms with E-state index in [0.29, 0.717) is 6.42 Å². The van der Waals surface area contributed by atoms with Gasteiger partial charge in [-0.25, -0.2) is 0 Å². The Morgan fingerprint density at radius 2 is 2.00 bits per heavy atom. The van der Waals surface area contributed by atoms with Gasteiger partial charge in [0.15, 0.2) is 5.82 Å². The zero-order valence-corrected chi connectivity index (χ0v) is 16.1. The number of fused-ring (bicyclic) bond motifs is 1. The highest BCUT2D eigenvalue weighted by Gasteiger charge is 2.34. The Kier molecular flexibility index (Phi) is 5.11. The molecule has 1 aromatic carbocycles. The summed E-state index contributed by atoms with van der Waals surface area (Å²) in [6, 6.07) is 8.01. The number of hydrogen-bond acceptors (Lipinski definition) is 5. The van der Waals surface area contributed by atoms with E-state index in [0.717, 1.165) is 68.4 Å². The van der Waals surface area contributed by atoms with Crippen LogP contribution in [0, 0.1) is 0 Å². The van der Waals surface area contributed by atoms with Gasteiger partial charge >= 0.3 is 0 Å². The number of carbonyl (C=O) groups excluding carboxylic acids is 1. The molecule has 144 valence electrons. The molecule has 0 saturated carbocycles. The minimum absolute atomic E-state index is 0.0676. The highest BCUT2D eigenvalue weighted by Crippen LogP contribution is 2.32. The Labute approximate surface area is 159 Å². The summed E-state index contributed by atoms with van der Waals surface area (Å²) >= 11 is 0. The fraction of sp³-hybridized carbons (Fsp3) is 0.550. The molecule has 0 unspecified atom stereocenters. The highest BCUT2D eigenvalue weighted by molar-refractivity contribution is 5.77. The van der Waals surface area contributed by atoms with Crippen molar-refractivity contribution in [1.29, 1.82) is 0 Å². The lowest BCUT2D eigenvalue weighted by Gasteiger charge is -2.28. The smallest absolute Gasteiger partial charge is 0.223 e. The molecule has 1 amide bonds. The predicted molar refractivity (Wildman–Crippen MR) is 101 cm³/mol. The van der Waals surface area contributed by atoms with Crippen LogP contribution >= 0.6 is 0 Å². The number of ether oxygens (including phenoxy) is 1. The van der Waals surface area contributed by atoms with E-state index in [1.165, 1.54) is 0 Å². The van der Waals surface area contributed by atoms with Crippen LogP contribution in [0.1, 0.15) is 42.5 Å². The first-order chi connectivity index (χ1) is 13.2. The Morgan fingerprint density at radius 3 is 2.78 bits per heavy atom. The maximum Gasteiger partial charge on any atom is 0.223 e. The number of amides is 1. The van der Waals surface area contributed by atoms with Crippen molar-refractivity contribution in [2.75, 3.05) is 27.2 Å². The first kappa shape index (κ1) is 18.0. The molecule has 7 nitrogen and oxygen atoms in total. The molecule has 1 atom stereocenters. The van der Waals surface area contributed by atoms with Gasteiger partial charge in [-0.15, -0.1) is 10.2 Å². The molecule has 1 saturated heterocycles. The molecule has 0 aliphatic carbocycles. The third-order valence-corrected chi connectivity index (χ3v) is 5.63. The summed E-state index contributed by atoms with van der Waals surface area (Å²) in [6.45, 7) is 3.54. The van der Waals surface area contributed by atoms with Crippen molar-refractivity contribution in [3.05, 3.63) is 41.5 Å². The van der Waals surface area contributed by atoms with Gasteiger partial charge in [-0.2, -0.15) is 0 Å². The molecule has 0 bridgehead atoms. The number of rotatable bonds is 5. The number of likely N-dealkylation sites (N-methyl/N-ethyl adjacent to an activating group) is 1. The zero-order valence-electron chi connectivity index (χ0n) is 16.1. The minimum atomic E-state index is 0.0676. The van der Waals surface area contributed by atoms with E-state index >= 15 is 0 Å². The summed E-state index contributed by atoms with van der Waals surface area (Å²) in [5.41, 5.74) is 1.16. The number of carbonyl (C=O) groups is 1. The molecule has 7 heteroatoms. The molecular formula is C20H27N5O2. The molecule has 3 heterocycles. The predicted octanol–water partition coefficient (Wildman–Crippen LogP) is 2.03. The van der Waals surface area contributed by atoms with Crippen molar-refractivity contribution in [3.63, 3.8) is 0 Å². The second kappa shape index (κ2) is 7.68. The molecule has 0 radical (unpaired) electrons. The lowest BCUT2D eigenvalue weighted by atomic mass is 10.1. The van der Waals surface area contributed by atoms with E-state index in [4.69, 9.17) is 4.74 Å². The van der Waals surface area contributed by atoms with Gasteiger partial charge in [-0.1, -0.05) is 12.1 Å². The molecule has 27 heavy (non-hydrogen) atoms. The summed E-state index contributed by atoms with van der Waals surface area (Å²) in [4.78, 5) is 17.2. The van der Waals surface area contributed by atoms with Crippen LogP contribution < -0.4 is 4.74 Å². The quantitative estimate of drug-likeness (QED) is 0.807. The second-order valence-corrected chi connectivity index (χ2v) is 7.46. The van der Waals surface area contributed by atoms with Crippen LogP contribution in [-0.2, 0) is 24.3 Å². The molecule has 1 fully saturated rings. The van der Waals surface area contributed by atoms with Gasteiger partial charge in [-0.05, 0) is 44.0 Å². The number of benzene rings is 1. The van der Waals surface area contributed by atoms with E-state index in [9.17, 15) is 4.79 Å². The average molecular weight is 369 g/mol. The molecular weight excluding hydrogens is 342 g/mol. The van der Waals surface area contributed by atoms with Gasteiger partial charge in [0, 0.05) is 26.1 Å². The number of methoxy groups -OCH3 is 1. The summed E-state index contributed by atoms with van der Waals surface area (Å²) in [6.07, 6.45) is 3.27. The van der Waals surface area contributed by atoms with Crippen molar-refractivity contribution < 1.29 is 9.53 Å². The molecule has 1 aromatic heterocycles. The SMILES string of the molecule is COc1ccc(CCC(=O)N2CCC[C@@H]2c2nnc3n2CCN(C)C3)cc1. The van der Waals surface area contributed by atoms with Crippen LogP contribution in [0.3, 0.4) is 0 Å². The standard InChI is InChI=1S/C20H27N5O2/c1-23-12-13-25-18(14-23)21-22-20(25)17-4-3-11-24(17)19(26)10-7-15-5-8-16(27-2)9-6-15/h5-6,8-9,17H,3-4,7,10-14H2,1-2H3/t17-/m1/s1. The first-order valence-corrected chi connectivity index (χ1v) is 9.68. The Bertz CT molecular complexity index is 801. The molecule has 2 aliphatic heterocycles. The van der Waals surface area contributed by atoms with Crippen LogP contribution in [0.15, 0.2) is 24.3 Å². The number of nitrogens with zero attached hydrogens (tertiary/aromatic N) is 5. The van der Waals surface area contributed by atoms with Gasteiger partial charge in [0.1, 0.15) is 11.6 Å². The third kappa shape index (κ3) is 3.69.